The van der Waals surface area contributed by atoms with Crippen molar-refractivity contribution in [2.45, 2.75) is 25.8 Å². The first kappa shape index (κ1) is 19.8. The number of amides is 1. The van der Waals surface area contributed by atoms with Crippen molar-refractivity contribution >= 4 is 17.5 Å². The summed E-state index contributed by atoms with van der Waals surface area (Å²) in [6.07, 6.45) is 2.76. The quantitative estimate of drug-likeness (QED) is 0.713. The number of nitrogens with zero attached hydrogens (tertiary/aromatic N) is 5. The van der Waals surface area contributed by atoms with Crippen LogP contribution in [-0.2, 0) is 11.3 Å². The summed E-state index contributed by atoms with van der Waals surface area (Å²) in [5.41, 5.74) is 2.35. The minimum Gasteiger partial charge on any atom is -0.341 e. The van der Waals surface area contributed by atoms with Crippen LogP contribution in [0.1, 0.15) is 24.8 Å². The fraction of sp³-hybridized carbons (Fsp3) is 0.550. The van der Waals surface area contributed by atoms with Crippen LogP contribution in [0.4, 0.5) is 0 Å². The van der Waals surface area contributed by atoms with Crippen LogP contribution >= 0.6 is 11.6 Å². The largest absolute Gasteiger partial charge is 0.341 e. The average molecular weight is 390 g/mol. The zero-order valence-electron chi connectivity index (χ0n) is 16.3. The van der Waals surface area contributed by atoms with E-state index in [-0.39, 0.29) is 11.8 Å². The molecule has 7 heteroatoms. The maximum atomic E-state index is 11.8. The van der Waals surface area contributed by atoms with Crippen molar-refractivity contribution in [3.63, 3.8) is 0 Å². The topological polar surface area (TPSA) is 54.3 Å². The Hall–Kier alpha value is -1.92. The maximum Gasteiger partial charge on any atom is 0.237 e. The molecule has 1 aliphatic heterocycles. The minimum atomic E-state index is 0.0354. The summed E-state index contributed by atoms with van der Waals surface area (Å²) in [6.45, 7) is 5.52. The summed E-state index contributed by atoms with van der Waals surface area (Å²) >= 11 is 5.69. The molecule has 27 heavy (non-hydrogen) atoms. The maximum absolute atomic E-state index is 11.8. The third kappa shape index (κ3) is 4.87. The first-order valence-electron chi connectivity index (χ1n) is 9.46. The van der Waals surface area contributed by atoms with Crippen LogP contribution in [0.15, 0.2) is 30.6 Å². The summed E-state index contributed by atoms with van der Waals surface area (Å²) in [7, 11) is 4.10. The Bertz CT molecular complexity index is 758. The molecule has 1 aromatic heterocycles. The molecule has 146 valence electrons. The van der Waals surface area contributed by atoms with E-state index >= 15 is 0 Å². The van der Waals surface area contributed by atoms with Gasteiger partial charge in [-0.2, -0.15) is 5.10 Å². The number of likely N-dealkylation sites (N-methyl/N-ethyl adjacent to an activating group) is 1. The summed E-state index contributed by atoms with van der Waals surface area (Å²) in [6, 6.07) is 8.56. The van der Waals surface area contributed by atoms with Gasteiger partial charge in [-0.25, -0.2) is 4.98 Å². The molecular weight excluding hydrogens is 362 g/mol. The standard InChI is InChI=1S/C20H28ClN5O/c1-15-13-25(19(27)12-21)9-8-18(15)16-4-6-17(7-5-16)20-22-14-26(23-20)11-10-24(2)3/h4-7,14-15,18H,8-13H2,1-3H3. The molecule has 6 nitrogen and oxygen atoms in total. The van der Waals surface area contributed by atoms with E-state index in [9.17, 15) is 4.79 Å². The molecule has 2 heterocycles. The molecule has 1 aromatic carbocycles. The summed E-state index contributed by atoms with van der Waals surface area (Å²) in [5, 5.41) is 4.57. The fourth-order valence-corrected chi connectivity index (χ4v) is 3.84. The number of piperidine rings is 1. The monoisotopic (exact) mass is 389 g/mol. The number of hydrogen-bond acceptors (Lipinski definition) is 4. The van der Waals surface area contributed by atoms with Crippen molar-refractivity contribution in [3.05, 3.63) is 36.2 Å². The number of halogens is 1. The Kier molecular flexibility index (Phi) is 6.50. The lowest BCUT2D eigenvalue weighted by atomic mass is 9.81. The zero-order valence-corrected chi connectivity index (χ0v) is 17.1. The van der Waals surface area contributed by atoms with Crippen molar-refractivity contribution in [1.82, 2.24) is 24.6 Å². The SMILES string of the molecule is CC1CN(C(=O)CCl)CCC1c1ccc(-c2ncn(CCN(C)C)n2)cc1. The lowest BCUT2D eigenvalue weighted by Crippen LogP contribution is -2.42. The van der Waals surface area contributed by atoms with E-state index in [1.807, 2.05) is 23.7 Å². The second-order valence-corrected chi connectivity index (χ2v) is 7.87. The lowest BCUT2D eigenvalue weighted by molar-refractivity contribution is -0.130. The second kappa shape index (κ2) is 8.85. The van der Waals surface area contributed by atoms with Gasteiger partial charge in [0.25, 0.3) is 0 Å². The highest BCUT2D eigenvalue weighted by Crippen LogP contribution is 2.33. The molecule has 0 bridgehead atoms. The number of carbonyl (C=O) groups excluding carboxylic acids is 1. The van der Waals surface area contributed by atoms with Gasteiger partial charge in [0, 0.05) is 25.2 Å². The lowest BCUT2D eigenvalue weighted by Gasteiger charge is -2.37. The van der Waals surface area contributed by atoms with Gasteiger partial charge in [-0.05, 0) is 37.9 Å². The third-order valence-electron chi connectivity index (χ3n) is 5.28. The molecule has 0 N–H and O–H groups in total. The van der Waals surface area contributed by atoms with Crippen molar-refractivity contribution in [1.29, 1.82) is 0 Å². The van der Waals surface area contributed by atoms with Gasteiger partial charge < -0.3 is 9.80 Å². The van der Waals surface area contributed by atoms with Crippen LogP contribution in [0.2, 0.25) is 0 Å². The number of benzene rings is 1. The van der Waals surface area contributed by atoms with Crippen LogP contribution < -0.4 is 0 Å². The number of alkyl halides is 1. The molecule has 1 amide bonds. The average Bonchev–Trinajstić information content (AvgIpc) is 3.15. The molecule has 1 fully saturated rings. The van der Waals surface area contributed by atoms with Gasteiger partial charge in [-0.15, -0.1) is 11.6 Å². The minimum absolute atomic E-state index is 0.0354. The van der Waals surface area contributed by atoms with Gasteiger partial charge in [-0.3, -0.25) is 9.48 Å². The Labute approximate surface area is 166 Å². The third-order valence-corrected chi connectivity index (χ3v) is 5.51. The molecule has 2 unspecified atom stereocenters. The smallest absolute Gasteiger partial charge is 0.237 e. The van der Waals surface area contributed by atoms with Crippen LogP contribution in [0.3, 0.4) is 0 Å². The molecule has 0 saturated carbocycles. The van der Waals surface area contributed by atoms with Gasteiger partial charge in [0.2, 0.25) is 5.91 Å². The van der Waals surface area contributed by atoms with Crippen molar-refractivity contribution in [2.75, 3.05) is 39.6 Å². The Balaban J connectivity index is 1.65. The molecule has 0 radical (unpaired) electrons. The van der Waals surface area contributed by atoms with E-state index in [1.54, 1.807) is 6.33 Å². The van der Waals surface area contributed by atoms with Gasteiger partial charge >= 0.3 is 0 Å². The number of aromatic nitrogens is 3. The van der Waals surface area contributed by atoms with E-state index < -0.39 is 0 Å². The first-order chi connectivity index (χ1) is 13.0. The molecule has 0 aliphatic carbocycles. The molecule has 0 spiro atoms. The zero-order chi connectivity index (χ0) is 19.4. The van der Waals surface area contributed by atoms with E-state index in [2.05, 4.69) is 46.2 Å². The number of rotatable bonds is 6. The van der Waals surface area contributed by atoms with Crippen LogP contribution in [0.25, 0.3) is 11.4 Å². The predicted molar refractivity (Wildman–Crippen MR) is 108 cm³/mol. The van der Waals surface area contributed by atoms with Crippen molar-refractivity contribution in [2.24, 2.45) is 5.92 Å². The first-order valence-corrected chi connectivity index (χ1v) is 9.99. The summed E-state index contributed by atoms with van der Waals surface area (Å²) in [5.74, 6) is 1.74. The highest BCUT2D eigenvalue weighted by molar-refractivity contribution is 6.27. The van der Waals surface area contributed by atoms with Gasteiger partial charge in [0.1, 0.15) is 12.2 Å². The molecule has 1 aliphatic rings. The molecule has 2 aromatic rings. The Morgan fingerprint density at radius 2 is 2.04 bits per heavy atom. The predicted octanol–water partition coefficient (Wildman–Crippen LogP) is 2.70. The van der Waals surface area contributed by atoms with Crippen LogP contribution in [0, 0.1) is 5.92 Å². The number of hydrogen-bond donors (Lipinski definition) is 0. The van der Waals surface area contributed by atoms with Gasteiger partial charge in [0.15, 0.2) is 5.82 Å². The van der Waals surface area contributed by atoms with E-state index in [0.29, 0.717) is 11.8 Å². The Morgan fingerprint density at radius 1 is 1.30 bits per heavy atom. The van der Waals surface area contributed by atoms with Crippen LogP contribution in [-0.4, -0.2) is 70.1 Å². The summed E-state index contributed by atoms with van der Waals surface area (Å²) in [4.78, 5) is 20.3. The van der Waals surface area contributed by atoms with E-state index in [4.69, 9.17) is 11.6 Å². The van der Waals surface area contributed by atoms with Gasteiger partial charge in [-0.1, -0.05) is 31.2 Å². The summed E-state index contributed by atoms with van der Waals surface area (Å²) < 4.78 is 1.88. The fourth-order valence-electron chi connectivity index (χ4n) is 3.67. The van der Waals surface area contributed by atoms with Crippen molar-refractivity contribution in [3.8, 4) is 11.4 Å². The van der Waals surface area contributed by atoms with E-state index in [1.165, 1.54) is 5.56 Å². The molecular formula is C20H28ClN5O. The number of carbonyl (C=O) groups is 1. The van der Waals surface area contributed by atoms with Gasteiger partial charge in [0.05, 0.1) is 6.54 Å². The normalized spacial score (nSPS) is 20.3. The second-order valence-electron chi connectivity index (χ2n) is 7.60. The number of likely N-dealkylation sites (tertiary alicyclic amines) is 1. The van der Waals surface area contributed by atoms with E-state index in [0.717, 1.165) is 44.0 Å². The van der Waals surface area contributed by atoms with Crippen LogP contribution in [0.5, 0.6) is 0 Å². The molecule has 3 rings (SSSR count). The highest BCUT2D eigenvalue weighted by Gasteiger charge is 2.29. The molecule has 1 saturated heterocycles. The molecule has 2 atom stereocenters. The Morgan fingerprint density at radius 3 is 2.67 bits per heavy atom. The van der Waals surface area contributed by atoms with Crippen molar-refractivity contribution < 1.29 is 4.79 Å². The highest BCUT2D eigenvalue weighted by atomic mass is 35.5.